The van der Waals surface area contributed by atoms with E-state index in [9.17, 15) is 9.90 Å². The molecule has 19 heavy (non-hydrogen) atoms. The zero-order chi connectivity index (χ0) is 13.9. The summed E-state index contributed by atoms with van der Waals surface area (Å²) in [6.07, 6.45) is 3.80. The van der Waals surface area contributed by atoms with Crippen molar-refractivity contribution in [2.24, 2.45) is 5.41 Å². The molecule has 2 rings (SSSR count). The average Bonchev–Trinajstić information content (AvgIpc) is 2.87. The van der Waals surface area contributed by atoms with E-state index < -0.39 is 11.4 Å². The van der Waals surface area contributed by atoms with Crippen LogP contribution in [0.4, 0.5) is 0 Å². The van der Waals surface area contributed by atoms with E-state index in [1.807, 2.05) is 13.0 Å². The fourth-order valence-electron chi connectivity index (χ4n) is 1.67. The summed E-state index contributed by atoms with van der Waals surface area (Å²) in [5.41, 5.74) is -0.136. The van der Waals surface area contributed by atoms with E-state index in [2.05, 4.69) is 20.5 Å². The van der Waals surface area contributed by atoms with Gasteiger partial charge in [-0.3, -0.25) is 9.78 Å². The Kier molecular flexibility index (Phi) is 3.55. The lowest BCUT2D eigenvalue weighted by Crippen LogP contribution is -2.32. The summed E-state index contributed by atoms with van der Waals surface area (Å²) in [5, 5.41) is 20.7. The highest BCUT2D eigenvalue weighted by Gasteiger charge is 2.33. The Morgan fingerprint density at radius 3 is 2.89 bits per heavy atom. The van der Waals surface area contributed by atoms with Crippen molar-refractivity contribution >= 4 is 5.97 Å². The molecule has 7 nitrogen and oxygen atoms in total. The first-order valence-electron chi connectivity index (χ1n) is 5.97. The first-order chi connectivity index (χ1) is 9.07. The third kappa shape index (κ3) is 2.59. The predicted molar refractivity (Wildman–Crippen MR) is 67.1 cm³/mol. The second-order valence-corrected chi connectivity index (χ2v) is 4.62. The van der Waals surface area contributed by atoms with Crippen LogP contribution in [-0.2, 0) is 11.3 Å². The number of carboxylic acids is 1. The van der Waals surface area contributed by atoms with Crippen molar-refractivity contribution in [2.75, 3.05) is 0 Å². The number of hydrogen-bond donors (Lipinski definition) is 1. The van der Waals surface area contributed by atoms with Crippen LogP contribution >= 0.6 is 0 Å². The SMILES string of the molecule is CCC(C)(Cn1nnnc1-c1cccnc1)C(=O)O. The van der Waals surface area contributed by atoms with E-state index in [1.54, 1.807) is 25.4 Å². The van der Waals surface area contributed by atoms with Crippen molar-refractivity contribution in [3.05, 3.63) is 24.5 Å². The van der Waals surface area contributed by atoms with Gasteiger partial charge in [0.15, 0.2) is 5.82 Å². The number of carboxylic acid groups (broad SMARTS) is 1. The van der Waals surface area contributed by atoms with Crippen LogP contribution in [0.5, 0.6) is 0 Å². The van der Waals surface area contributed by atoms with Crippen LogP contribution in [0.15, 0.2) is 24.5 Å². The van der Waals surface area contributed by atoms with E-state index >= 15 is 0 Å². The minimum Gasteiger partial charge on any atom is -0.481 e. The molecule has 2 aromatic rings. The van der Waals surface area contributed by atoms with Crippen molar-refractivity contribution in [1.82, 2.24) is 25.2 Å². The van der Waals surface area contributed by atoms with Gasteiger partial charge in [0, 0.05) is 18.0 Å². The Balaban J connectivity index is 2.33. The molecule has 0 amide bonds. The number of hydrogen-bond acceptors (Lipinski definition) is 5. The molecule has 0 fully saturated rings. The van der Waals surface area contributed by atoms with Crippen molar-refractivity contribution in [2.45, 2.75) is 26.8 Å². The van der Waals surface area contributed by atoms with Gasteiger partial charge in [0.1, 0.15) is 0 Å². The van der Waals surface area contributed by atoms with Crippen molar-refractivity contribution in [3.63, 3.8) is 0 Å². The second-order valence-electron chi connectivity index (χ2n) is 4.62. The maximum atomic E-state index is 11.3. The minimum atomic E-state index is -0.896. The molecule has 2 heterocycles. The van der Waals surface area contributed by atoms with Gasteiger partial charge in [-0.2, -0.15) is 0 Å². The molecule has 0 radical (unpaired) electrons. The van der Waals surface area contributed by atoms with Gasteiger partial charge < -0.3 is 5.11 Å². The zero-order valence-corrected chi connectivity index (χ0v) is 10.8. The molecule has 1 atom stereocenters. The van der Waals surface area contributed by atoms with E-state index in [4.69, 9.17) is 0 Å². The topological polar surface area (TPSA) is 93.8 Å². The van der Waals surface area contributed by atoms with Gasteiger partial charge in [-0.1, -0.05) is 6.92 Å². The highest BCUT2D eigenvalue weighted by Crippen LogP contribution is 2.25. The zero-order valence-electron chi connectivity index (χ0n) is 10.8. The predicted octanol–water partition coefficient (Wildman–Crippen LogP) is 1.24. The molecule has 7 heteroatoms. The largest absolute Gasteiger partial charge is 0.481 e. The van der Waals surface area contributed by atoms with Crippen LogP contribution in [0.1, 0.15) is 20.3 Å². The molecule has 2 aromatic heterocycles. The standard InChI is InChI=1S/C12H15N5O2/c1-3-12(2,11(18)19)8-17-10(14-15-16-17)9-5-4-6-13-7-9/h4-7H,3,8H2,1-2H3,(H,18,19). The number of carbonyl (C=O) groups is 1. The lowest BCUT2D eigenvalue weighted by atomic mass is 9.88. The van der Waals surface area contributed by atoms with Crippen LogP contribution in [0.25, 0.3) is 11.4 Å². The Labute approximate surface area is 110 Å². The lowest BCUT2D eigenvalue weighted by Gasteiger charge is -2.22. The molecule has 0 spiro atoms. The summed E-state index contributed by atoms with van der Waals surface area (Å²) in [4.78, 5) is 15.3. The number of tetrazole rings is 1. The summed E-state index contributed by atoms with van der Waals surface area (Å²) in [6.45, 7) is 3.74. The van der Waals surface area contributed by atoms with E-state index in [0.29, 0.717) is 12.2 Å². The molecule has 1 unspecified atom stereocenters. The Morgan fingerprint density at radius 2 is 2.32 bits per heavy atom. The summed E-state index contributed by atoms with van der Waals surface area (Å²) in [5.74, 6) is -0.336. The molecule has 0 aliphatic carbocycles. The second kappa shape index (κ2) is 5.13. The third-order valence-corrected chi connectivity index (χ3v) is 3.25. The van der Waals surface area contributed by atoms with E-state index in [1.165, 1.54) is 4.68 Å². The molecule has 0 saturated carbocycles. The minimum absolute atomic E-state index is 0.218. The van der Waals surface area contributed by atoms with Gasteiger partial charge in [-0.25, -0.2) is 4.68 Å². The first-order valence-corrected chi connectivity index (χ1v) is 5.97. The van der Waals surface area contributed by atoms with Crippen molar-refractivity contribution in [1.29, 1.82) is 0 Å². The summed E-state index contributed by atoms with van der Waals surface area (Å²) < 4.78 is 1.51. The van der Waals surface area contributed by atoms with Gasteiger partial charge in [0.05, 0.1) is 12.0 Å². The van der Waals surface area contributed by atoms with E-state index in [0.717, 1.165) is 5.56 Å². The third-order valence-electron chi connectivity index (χ3n) is 3.25. The first kappa shape index (κ1) is 13.1. The summed E-state index contributed by atoms with van der Waals surface area (Å²) in [6, 6.07) is 3.61. The van der Waals surface area contributed by atoms with Gasteiger partial charge in [-0.15, -0.1) is 5.10 Å². The maximum Gasteiger partial charge on any atom is 0.311 e. The normalized spacial score (nSPS) is 14.0. The number of nitrogens with zero attached hydrogens (tertiary/aromatic N) is 5. The fourth-order valence-corrected chi connectivity index (χ4v) is 1.67. The van der Waals surface area contributed by atoms with Crippen LogP contribution in [0.2, 0.25) is 0 Å². The molecule has 0 aliphatic rings. The molecule has 1 N–H and O–H groups in total. The van der Waals surface area contributed by atoms with Gasteiger partial charge in [0.25, 0.3) is 0 Å². The van der Waals surface area contributed by atoms with Crippen LogP contribution < -0.4 is 0 Å². The Morgan fingerprint density at radius 1 is 1.53 bits per heavy atom. The molecule has 0 aromatic carbocycles. The number of aromatic nitrogens is 5. The van der Waals surface area contributed by atoms with Crippen molar-refractivity contribution in [3.8, 4) is 11.4 Å². The van der Waals surface area contributed by atoms with E-state index in [-0.39, 0.29) is 6.54 Å². The highest BCUT2D eigenvalue weighted by molar-refractivity contribution is 5.74. The monoisotopic (exact) mass is 261 g/mol. The van der Waals surface area contributed by atoms with Crippen LogP contribution in [0.3, 0.4) is 0 Å². The maximum absolute atomic E-state index is 11.3. The molecule has 100 valence electrons. The Hall–Kier alpha value is -2.31. The smallest absolute Gasteiger partial charge is 0.311 e. The average molecular weight is 261 g/mol. The molecular weight excluding hydrogens is 246 g/mol. The van der Waals surface area contributed by atoms with Crippen LogP contribution in [-0.4, -0.2) is 36.3 Å². The number of aliphatic carboxylic acids is 1. The molecule has 0 bridgehead atoms. The van der Waals surface area contributed by atoms with Gasteiger partial charge in [0.2, 0.25) is 0 Å². The molecular formula is C12H15N5O2. The lowest BCUT2D eigenvalue weighted by molar-refractivity contribution is -0.149. The molecule has 0 aliphatic heterocycles. The van der Waals surface area contributed by atoms with Crippen molar-refractivity contribution < 1.29 is 9.90 Å². The number of pyridine rings is 1. The Bertz CT molecular complexity index is 569. The summed E-state index contributed by atoms with van der Waals surface area (Å²) in [7, 11) is 0. The summed E-state index contributed by atoms with van der Waals surface area (Å²) >= 11 is 0. The van der Waals surface area contributed by atoms with Crippen LogP contribution in [0, 0.1) is 5.41 Å². The number of rotatable bonds is 5. The van der Waals surface area contributed by atoms with Gasteiger partial charge in [-0.05, 0) is 35.9 Å². The highest BCUT2D eigenvalue weighted by atomic mass is 16.4. The molecule has 0 saturated heterocycles. The fraction of sp³-hybridized carbons (Fsp3) is 0.417. The quantitative estimate of drug-likeness (QED) is 0.870. The van der Waals surface area contributed by atoms with Gasteiger partial charge >= 0.3 is 5.97 Å².